The van der Waals surface area contributed by atoms with Gasteiger partial charge in [-0.3, -0.25) is 0 Å². The number of halogens is 4. The number of urea groups is 1. The number of anilines is 2. The van der Waals surface area contributed by atoms with Crippen LogP contribution in [0.1, 0.15) is 22.5 Å². The van der Waals surface area contributed by atoms with E-state index in [9.17, 15) is 22.4 Å². The molecule has 0 aliphatic carbocycles. The first-order valence-corrected chi connectivity index (χ1v) is 11.6. The molecule has 0 saturated heterocycles. The molecule has 0 aliphatic heterocycles. The molecular formula is C27H25F4N5O2. The van der Waals surface area contributed by atoms with Crippen LogP contribution in [0.15, 0.2) is 60.7 Å². The van der Waals surface area contributed by atoms with Gasteiger partial charge in [0.2, 0.25) is 0 Å². The van der Waals surface area contributed by atoms with Crippen LogP contribution in [0.25, 0.3) is 11.4 Å². The van der Waals surface area contributed by atoms with Gasteiger partial charge in [-0.25, -0.2) is 9.18 Å². The summed E-state index contributed by atoms with van der Waals surface area (Å²) in [6.45, 7) is 1.90. The van der Waals surface area contributed by atoms with Crippen LogP contribution in [0.5, 0.6) is 5.75 Å². The molecule has 0 radical (unpaired) electrons. The number of aryl methyl sites for hydroxylation is 2. The minimum Gasteiger partial charge on any atom is -0.495 e. The molecule has 3 aromatic carbocycles. The number of carbonyl (C=O) groups excluding carboxylic acids is 1. The Morgan fingerprint density at radius 1 is 1.00 bits per heavy atom. The van der Waals surface area contributed by atoms with Gasteiger partial charge in [0, 0.05) is 30.3 Å². The van der Waals surface area contributed by atoms with Crippen molar-refractivity contribution in [2.45, 2.75) is 25.9 Å². The monoisotopic (exact) mass is 527 g/mol. The summed E-state index contributed by atoms with van der Waals surface area (Å²) in [5, 5.41) is 13.7. The van der Waals surface area contributed by atoms with Crippen LogP contribution in [-0.4, -0.2) is 27.9 Å². The van der Waals surface area contributed by atoms with Crippen LogP contribution in [0.2, 0.25) is 0 Å². The van der Waals surface area contributed by atoms with Crippen molar-refractivity contribution >= 4 is 17.4 Å². The number of alkyl halides is 3. The quantitative estimate of drug-likeness (QED) is 0.273. The zero-order chi connectivity index (χ0) is 27.4. The molecule has 2 amide bonds. The largest absolute Gasteiger partial charge is 0.495 e. The third-order valence-electron chi connectivity index (χ3n) is 5.99. The molecule has 7 nitrogen and oxygen atoms in total. The molecular weight excluding hydrogens is 502 g/mol. The van der Waals surface area contributed by atoms with Crippen LogP contribution in [0.3, 0.4) is 0 Å². The number of nitrogens with zero attached hydrogens (tertiary/aromatic N) is 3. The number of methoxy groups -OCH3 is 1. The summed E-state index contributed by atoms with van der Waals surface area (Å²) in [6.07, 6.45) is -4.77. The standard InChI is InChI=1S/C27H25F4N5O2/c1-16-7-13-23(38-3)22(15-16)33-26(37)32-18-10-8-17(9-11-18)25-35-34-24(36(25)2)14-12-19-20(27(29,30)31)5-4-6-21(19)28/h4-11,13,15H,12,14H2,1-3H3,(H2,32,33,37). The number of nitrogens with one attached hydrogen (secondary N) is 2. The van der Waals surface area contributed by atoms with Crippen LogP contribution in [-0.2, 0) is 26.1 Å². The number of hydrogen-bond donors (Lipinski definition) is 2. The van der Waals surface area contributed by atoms with Crippen molar-refractivity contribution in [1.82, 2.24) is 14.8 Å². The first kappa shape index (κ1) is 26.6. The molecule has 0 bridgehead atoms. The molecule has 0 spiro atoms. The van der Waals surface area contributed by atoms with E-state index in [1.807, 2.05) is 13.0 Å². The second kappa shape index (κ2) is 10.9. The summed E-state index contributed by atoms with van der Waals surface area (Å²) >= 11 is 0. The zero-order valence-electron chi connectivity index (χ0n) is 20.9. The van der Waals surface area contributed by atoms with Gasteiger partial charge in [-0.05, 0) is 67.4 Å². The Morgan fingerprint density at radius 2 is 1.74 bits per heavy atom. The molecule has 1 heterocycles. The van der Waals surface area contributed by atoms with Crippen LogP contribution in [0.4, 0.5) is 33.7 Å². The molecule has 0 saturated carbocycles. The van der Waals surface area contributed by atoms with Gasteiger partial charge in [0.15, 0.2) is 5.82 Å². The maximum Gasteiger partial charge on any atom is 0.416 e. The fourth-order valence-electron chi connectivity index (χ4n) is 4.05. The van der Waals surface area contributed by atoms with Gasteiger partial charge in [-0.15, -0.1) is 10.2 Å². The smallest absolute Gasteiger partial charge is 0.416 e. The Hall–Kier alpha value is -4.41. The average Bonchev–Trinajstić information content (AvgIpc) is 3.23. The topological polar surface area (TPSA) is 81.1 Å². The Kier molecular flexibility index (Phi) is 7.65. The van der Waals surface area contributed by atoms with E-state index in [1.54, 1.807) is 48.0 Å². The molecule has 4 aromatic rings. The van der Waals surface area contributed by atoms with E-state index in [2.05, 4.69) is 20.8 Å². The lowest BCUT2D eigenvalue weighted by Crippen LogP contribution is -2.19. The molecule has 2 N–H and O–H groups in total. The van der Waals surface area contributed by atoms with Crippen molar-refractivity contribution in [3.05, 3.63) is 89.0 Å². The molecule has 0 fully saturated rings. The fraction of sp³-hybridized carbons (Fsp3) is 0.222. The molecule has 0 aliphatic rings. The third-order valence-corrected chi connectivity index (χ3v) is 5.99. The van der Waals surface area contributed by atoms with Gasteiger partial charge in [0.25, 0.3) is 0 Å². The van der Waals surface area contributed by atoms with Crippen molar-refractivity contribution < 1.29 is 27.1 Å². The first-order chi connectivity index (χ1) is 18.1. The highest BCUT2D eigenvalue weighted by Crippen LogP contribution is 2.34. The second-order valence-electron chi connectivity index (χ2n) is 8.62. The Balaban J connectivity index is 1.43. The van der Waals surface area contributed by atoms with Crippen molar-refractivity contribution in [1.29, 1.82) is 0 Å². The second-order valence-corrected chi connectivity index (χ2v) is 8.62. The average molecular weight is 528 g/mol. The predicted molar refractivity (Wildman–Crippen MR) is 136 cm³/mol. The van der Waals surface area contributed by atoms with Gasteiger partial charge in [0.1, 0.15) is 17.4 Å². The van der Waals surface area contributed by atoms with E-state index in [-0.39, 0.29) is 12.8 Å². The third kappa shape index (κ3) is 5.93. The van der Waals surface area contributed by atoms with Gasteiger partial charge >= 0.3 is 12.2 Å². The fourth-order valence-corrected chi connectivity index (χ4v) is 4.05. The van der Waals surface area contributed by atoms with Gasteiger partial charge in [-0.1, -0.05) is 12.1 Å². The van der Waals surface area contributed by atoms with Crippen molar-refractivity contribution in [2.24, 2.45) is 7.05 Å². The normalized spacial score (nSPS) is 11.3. The lowest BCUT2D eigenvalue weighted by atomic mass is 10.0. The highest BCUT2D eigenvalue weighted by molar-refractivity contribution is 6.00. The van der Waals surface area contributed by atoms with Crippen LogP contribution in [0, 0.1) is 12.7 Å². The lowest BCUT2D eigenvalue weighted by molar-refractivity contribution is -0.138. The van der Waals surface area contributed by atoms with Crippen LogP contribution < -0.4 is 15.4 Å². The molecule has 0 unspecified atom stereocenters. The number of amides is 2. The predicted octanol–water partition coefficient (Wildman–Crippen LogP) is 6.39. The number of benzene rings is 3. The summed E-state index contributed by atoms with van der Waals surface area (Å²) in [4.78, 5) is 12.5. The highest BCUT2D eigenvalue weighted by atomic mass is 19.4. The first-order valence-electron chi connectivity index (χ1n) is 11.6. The number of rotatable bonds is 7. The number of ether oxygens (including phenoxy) is 1. The number of hydrogen-bond acceptors (Lipinski definition) is 4. The number of aromatic nitrogens is 3. The highest BCUT2D eigenvalue weighted by Gasteiger charge is 2.34. The maximum absolute atomic E-state index is 14.2. The SMILES string of the molecule is COc1ccc(C)cc1NC(=O)Nc1ccc(-c2nnc(CCc3c(F)cccc3C(F)(F)F)n2C)cc1. The molecule has 38 heavy (non-hydrogen) atoms. The van der Waals surface area contributed by atoms with Gasteiger partial charge in [-0.2, -0.15) is 13.2 Å². The molecule has 4 rings (SSSR count). The summed E-state index contributed by atoms with van der Waals surface area (Å²) < 4.78 is 61.0. The van der Waals surface area contributed by atoms with Crippen molar-refractivity contribution in [3.63, 3.8) is 0 Å². The van der Waals surface area contributed by atoms with E-state index in [4.69, 9.17) is 4.74 Å². The molecule has 0 atom stereocenters. The van der Waals surface area contributed by atoms with E-state index in [0.717, 1.165) is 23.8 Å². The Labute approximate surface area is 216 Å². The van der Waals surface area contributed by atoms with Crippen molar-refractivity contribution in [3.8, 4) is 17.1 Å². The minimum absolute atomic E-state index is 0.0652. The summed E-state index contributed by atoms with van der Waals surface area (Å²) in [6, 6.07) is 14.7. The summed E-state index contributed by atoms with van der Waals surface area (Å²) in [5.41, 5.74) is 1.31. The van der Waals surface area contributed by atoms with E-state index >= 15 is 0 Å². The minimum atomic E-state index is -4.65. The van der Waals surface area contributed by atoms with Crippen LogP contribution >= 0.6 is 0 Å². The number of carbonyl (C=O) groups is 1. The maximum atomic E-state index is 14.2. The lowest BCUT2D eigenvalue weighted by Gasteiger charge is -2.13. The van der Waals surface area contributed by atoms with E-state index in [0.29, 0.717) is 34.3 Å². The molecule has 198 valence electrons. The Bertz CT molecular complexity index is 1450. The van der Waals surface area contributed by atoms with Gasteiger partial charge < -0.3 is 19.9 Å². The summed E-state index contributed by atoms with van der Waals surface area (Å²) in [7, 11) is 3.20. The Morgan fingerprint density at radius 3 is 2.42 bits per heavy atom. The van der Waals surface area contributed by atoms with Crippen molar-refractivity contribution in [2.75, 3.05) is 17.7 Å². The molecule has 1 aromatic heterocycles. The summed E-state index contributed by atoms with van der Waals surface area (Å²) in [5.74, 6) is 0.508. The van der Waals surface area contributed by atoms with E-state index in [1.165, 1.54) is 7.11 Å². The van der Waals surface area contributed by atoms with Gasteiger partial charge in [0.05, 0.1) is 18.4 Å². The zero-order valence-corrected chi connectivity index (χ0v) is 20.9. The molecule has 11 heteroatoms. The van der Waals surface area contributed by atoms with E-state index < -0.39 is 29.2 Å².